The van der Waals surface area contributed by atoms with Crippen molar-refractivity contribution >= 4 is 11.6 Å². The van der Waals surface area contributed by atoms with Gasteiger partial charge in [0.25, 0.3) is 0 Å². The molecule has 0 heterocycles. The molecule has 19 heavy (non-hydrogen) atoms. The van der Waals surface area contributed by atoms with E-state index in [-0.39, 0.29) is 23.1 Å². The lowest BCUT2D eigenvalue weighted by molar-refractivity contribution is -0.120. The number of amides is 1. The largest absolute Gasteiger partial charge is 0.330 e. The number of carbonyl (C=O) groups excluding carboxylic acids is 1. The van der Waals surface area contributed by atoms with Crippen molar-refractivity contribution in [3.63, 3.8) is 0 Å². The molecule has 3 nitrogen and oxygen atoms in total. The molecule has 1 fully saturated rings. The highest BCUT2D eigenvalue weighted by molar-refractivity contribution is 5.97. The Bertz CT molecular complexity index is 456. The topological polar surface area (TPSA) is 46.3 Å². The first kappa shape index (κ1) is 14.0. The summed E-state index contributed by atoms with van der Waals surface area (Å²) < 4.78 is 13.0. The molecule has 1 aromatic carbocycles. The molecule has 0 radical (unpaired) electrons. The highest BCUT2D eigenvalue weighted by Gasteiger charge is 2.52. The van der Waals surface area contributed by atoms with Gasteiger partial charge in [-0.1, -0.05) is 13.8 Å². The van der Waals surface area contributed by atoms with Gasteiger partial charge in [-0.05, 0) is 49.1 Å². The van der Waals surface area contributed by atoms with Gasteiger partial charge < -0.3 is 10.6 Å². The van der Waals surface area contributed by atoms with Crippen molar-refractivity contribution in [2.45, 2.75) is 26.7 Å². The zero-order valence-electron chi connectivity index (χ0n) is 11.5. The number of anilines is 1. The van der Waals surface area contributed by atoms with Crippen molar-refractivity contribution in [1.29, 1.82) is 0 Å². The molecule has 0 bridgehead atoms. The molecule has 1 saturated carbocycles. The Balaban J connectivity index is 2.16. The van der Waals surface area contributed by atoms with Gasteiger partial charge in [-0.15, -0.1) is 0 Å². The van der Waals surface area contributed by atoms with Gasteiger partial charge in [0.15, 0.2) is 0 Å². The van der Waals surface area contributed by atoms with Crippen LogP contribution in [0.25, 0.3) is 0 Å². The monoisotopic (exact) mass is 264 g/mol. The third-order valence-corrected chi connectivity index (χ3v) is 3.80. The number of halogens is 1. The number of hydrogen-bond donors (Lipinski definition) is 1. The summed E-state index contributed by atoms with van der Waals surface area (Å²) in [5, 5.41) is 0. The normalized spacial score (nSPS) is 20.1. The van der Waals surface area contributed by atoms with Crippen LogP contribution >= 0.6 is 0 Å². The van der Waals surface area contributed by atoms with E-state index in [1.165, 1.54) is 12.1 Å². The smallest absolute Gasteiger partial charge is 0.230 e. The van der Waals surface area contributed by atoms with E-state index in [9.17, 15) is 9.18 Å². The minimum absolute atomic E-state index is 0.0790. The molecule has 1 aliphatic rings. The van der Waals surface area contributed by atoms with Crippen LogP contribution in [0.3, 0.4) is 0 Å². The summed E-state index contributed by atoms with van der Waals surface area (Å²) in [6.07, 6.45) is 1.67. The Morgan fingerprint density at radius 3 is 2.47 bits per heavy atom. The molecule has 0 spiro atoms. The van der Waals surface area contributed by atoms with Gasteiger partial charge >= 0.3 is 0 Å². The van der Waals surface area contributed by atoms with Crippen LogP contribution in [0.4, 0.5) is 10.1 Å². The van der Waals surface area contributed by atoms with Gasteiger partial charge in [0.2, 0.25) is 5.91 Å². The summed E-state index contributed by atoms with van der Waals surface area (Å²) in [5.74, 6) is -0.0814. The van der Waals surface area contributed by atoms with E-state index in [4.69, 9.17) is 5.73 Å². The molecule has 1 atom stereocenters. The molecule has 1 unspecified atom stereocenters. The maximum Gasteiger partial charge on any atom is 0.230 e. The lowest BCUT2D eigenvalue weighted by atomic mass is 10.1. The Morgan fingerprint density at radius 1 is 1.42 bits per heavy atom. The molecule has 1 aliphatic carbocycles. The van der Waals surface area contributed by atoms with E-state index in [1.54, 1.807) is 17.0 Å². The fourth-order valence-electron chi connectivity index (χ4n) is 2.31. The second-order valence-electron chi connectivity index (χ2n) is 5.85. The van der Waals surface area contributed by atoms with Crippen LogP contribution in [0, 0.1) is 17.2 Å². The van der Waals surface area contributed by atoms with Crippen molar-refractivity contribution < 1.29 is 9.18 Å². The summed E-state index contributed by atoms with van der Waals surface area (Å²) in [4.78, 5) is 14.2. The third kappa shape index (κ3) is 3.13. The van der Waals surface area contributed by atoms with Gasteiger partial charge in [-0.25, -0.2) is 4.39 Å². The Hall–Kier alpha value is -1.42. The summed E-state index contributed by atoms with van der Waals surface area (Å²) in [5.41, 5.74) is 6.37. The van der Waals surface area contributed by atoms with Crippen LogP contribution < -0.4 is 10.6 Å². The molecule has 2 N–H and O–H groups in total. The van der Waals surface area contributed by atoms with E-state index in [0.717, 1.165) is 18.5 Å². The first-order valence-corrected chi connectivity index (χ1v) is 6.73. The second kappa shape index (κ2) is 5.29. The van der Waals surface area contributed by atoms with Crippen LogP contribution in [0.5, 0.6) is 0 Å². The predicted molar refractivity (Wildman–Crippen MR) is 74.3 cm³/mol. The average Bonchev–Trinajstić information content (AvgIpc) is 3.01. The summed E-state index contributed by atoms with van der Waals surface area (Å²) in [7, 11) is 0. The molecular weight excluding hydrogens is 243 g/mol. The van der Waals surface area contributed by atoms with Crippen molar-refractivity contribution in [2.75, 3.05) is 18.0 Å². The number of nitrogens with zero attached hydrogens (tertiary/aromatic N) is 1. The number of hydrogen-bond acceptors (Lipinski definition) is 2. The summed E-state index contributed by atoms with van der Waals surface area (Å²) in [6.45, 7) is 5.33. The van der Waals surface area contributed by atoms with Crippen molar-refractivity contribution in [3.05, 3.63) is 30.1 Å². The van der Waals surface area contributed by atoms with E-state index in [0.29, 0.717) is 13.1 Å². The summed E-state index contributed by atoms with van der Waals surface area (Å²) in [6, 6.07) is 6.07. The minimum Gasteiger partial charge on any atom is -0.330 e. The van der Waals surface area contributed by atoms with Crippen LogP contribution in [0.15, 0.2) is 24.3 Å². The van der Waals surface area contributed by atoms with Crippen molar-refractivity contribution in [3.8, 4) is 0 Å². The van der Waals surface area contributed by atoms with Crippen LogP contribution in [-0.2, 0) is 4.79 Å². The maximum atomic E-state index is 13.0. The molecule has 1 amide bonds. The van der Waals surface area contributed by atoms with Gasteiger partial charge in [-0.2, -0.15) is 0 Å². The second-order valence-corrected chi connectivity index (χ2v) is 5.85. The number of benzene rings is 1. The molecule has 104 valence electrons. The van der Waals surface area contributed by atoms with E-state index in [1.807, 2.05) is 0 Å². The van der Waals surface area contributed by atoms with Gasteiger partial charge in [0.05, 0.1) is 0 Å². The van der Waals surface area contributed by atoms with Gasteiger partial charge in [-0.3, -0.25) is 4.79 Å². The Kier molecular flexibility index (Phi) is 3.90. The highest BCUT2D eigenvalue weighted by atomic mass is 19.1. The Labute approximate surface area is 113 Å². The van der Waals surface area contributed by atoms with E-state index < -0.39 is 0 Å². The fourth-order valence-corrected chi connectivity index (χ4v) is 2.31. The molecule has 1 aromatic rings. The van der Waals surface area contributed by atoms with E-state index in [2.05, 4.69) is 13.8 Å². The molecule has 4 heteroatoms. The minimum atomic E-state index is -0.290. The standard InChI is InChI=1S/C15H21FN2O/c1-15(2)10-13(15)14(19)18(9-3-8-17)12-6-4-11(16)5-7-12/h4-7,13H,3,8-10,17H2,1-2H3. The van der Waals surface area contributed by atoms with Crippen LogP contribution in [0.2, 0.25) is 0 Å². The van der Waals surface area contributed by atoms with Crippen molar-refractivity contribution in [2.24, 2.45) is 17.1 Å². The zero-order valence-corrected chi connectivity index (χ0v) is 11.5. The van der Waals surface area contributed by atoms with Crippen LogP contribution in [0.1, 0.15) is 26.7 Å². The average molecular weight is 264 g/mol. The maximum absolute atomic E-state index is 13.0. The SMILES string of the molecule is CC1(C)CC1C(=O)N(CCCN)c1ccc(F)cc1. The van der Waals surface area contributed by atoms with Gasteiger partial charge in [0.1, 0.15) is 5.82 Å². The zero-order chi connectivity index (χ0) is 14.0. The number of rotatable bonds is 5. The fraction of sp³-hybridized carbons (Fsp3) is 0.533. The number of carbonyl (C=O) groups is 1. The first-order valence-electron chi connectivity index (χ1n) is 6.73. The Morgan fingerprint density at radius 2 is 2.00 bits per heavy atom. The summed E-state index contributed by atoms with van der Waals surface area (Å²) >= 11 is 0. The lowest BCUT2D eigenvalue weighted by Gasteiger charge is -2.23. The quantitative estimate of drug-likeness (QED) is 0.888. The first-order chi connectivity index (χ1) is 8.95. The molecule has 2 rings (SSSR count). The van der Waals surface area contributed by atoms with Gasteiger partial charge in [0, 0.05) is 18.2 Å². The predicted octanol–water partition coefficient (Wildman–Crippen LogP) is 2.55. The number of nitrogens with two attached hydrogens (primary N) is 1. The third-order valence-electron chi connectivity index (χ3n) is 3.80. The van der Waals surface area contributed by atoms with Crippen LogP contribution in [-0.4, -0.2) is 19.0 Å². The lowest BCUT2D eigenvalue weighted by Crippen LogP contribution is -2.35. The molecule has 0 saturated heterocycles. The van der Waals surface area contributed by atoms with Crippen molar-refractivity contribution in [1.82, 2.24) is 0 Å². The molecular formula is C15H21FN2O. The van der Waals surface area contributed by atoms with E-state index >= 15 is 0 Å². The highest BCUT2D eigenvalue weighted by Crippen LogP contribution is 2.52. The molecule has 0 aromatic heterocycles. The molecule has 0 aliphatic heterocycles.